The van der Waals surface area contributed by atoms with Crippen molar-refractivity contribution in [1.82, 2.24) is 5.06 Å². The minimum Gasteiger partial charge on any atom is -0.497 e. The predicted molar refractivity (Wildman–Crippen MR) is 75.0 cm³/mol. The number of aliphatic hydroxyl groups excluding tert-OH is 1. The van der Waals surface area contributed by atoms with Crippen LogP contribution in [0, 0.1) is 5.92 Å². The van der Waals surface area contributed by atoms with Crippen molar-refractivity contribution in [3.05, 3.63) is 42.0 Å². The molecule has 0 saturated heterocycles. The Morgan fingerprint density at radius 1 is 1.29 bits per heavy atom. The summed E-state index contributed by atoms with van der Waals surface area (Å²) in [6, 6.07) is 6.65. The molecular weight excluding hydrogens is 274 g/mol. The van der Waals surface area contributed by atoms with E-state index in [4.69, 9.17) is 4.74 Å². The van der Waals surface area contributed by atoms with Crippen LogP contribution in [-0.2, 0) is 4.74 Å². The number of hydrogen-bond donors (Lipinski definition) is 2. The highest BCUT2D eigenvalue weighted by atomic mass is 16.6. The number of amides is 1. The second-order valence-corrected chi connectivity index (χ2v) is 4.88. The average molecular weight is 293 g/mol. The van der Waals surface area contributed by atoms with Gasteiger partial charge in [-0.25, -0.2) is 4.79 Å². The molecule has 21 heavy (non-hydrogen) atoms. The van der Waals surface area contributed by atoms with Crippen LogP contribution in [0.25, 0.3) is 0 Å². The second-order valence-electron chi connectivity index (χ2n) is 4.88. The van der Waals surface area contributed by atoms with Gasteiger partial charge in [-0.15, -0.1) is 0 Å². The number of ether oxygens (including phenoxy) is 2. The number of hydroxylamine groups is 2. The first-order valence-corrected chi connectivity index (χ1v) is 6.63. The Hall–Kier alpha value is -2.05. The number of carbonyl (C=O) groups is 1. The molecule has 1 aromatic rings. The van der Waals surface area contributed by atoms with Crippen LogP contribution < -0.4 is 4.74 Å². The molecule has 0 fully saturated rings. The third-order valence-corrected chi connectivity index (χ3v) is 3.63. The van der Waals surface area contributed by atoms with Gasteiger partial charge in [0.25, 0.3) is 0 Å². The average Bonchev–Trinajstić information content (AvgIpc) is 3.02. The lowest BCUT2D eigenvalue weighted by Crippen LogP contribution is -2.36. The number of benzene rings is 1. The Balaban J connectivity index is 2.00. The lowest BCUT2D eigenvalue weighted by molar-refractivity contribution is -0.0915. The van der Waals surface area contributed by atoms with E-state index in [1.54, 1.807) is 43.5 Å². The van der Waals surface area contributed by atoms with Crippen LogP contribution in [0.3, 0.4) is 0 Å². The van der Waals surface area contributed by atoms with Gasteiger partial charge < -0.3 is 14.6 Å². The van der Waals surface area contributed by atoms with E-state index in [1.165, 1.54) is 7.11 Å². The van der Waals surface area contributed by atoms with Crippen molar-refractivity contribution in [2.24, 2.45) is 5.92 Å². The quantitative estimate of drug-likeness (QED) is 0.505. The summed E-state index contributed by atoms with van der Waals surface area (Å²) in [6.45, 7) is 0. The normalized spacial score (nSPS) is 21.9. The molecule has 114 valence electrons. The molecule has 1 aliphatic rings. The SMILES string of the molecule is COC(=O)N(O)[C@H]1C=C[C@@H](C(O)c2ccc(OC)cc2)C1. The van der Waals surface area contributed by atoms with E-state index < -0.39 is 18.2 Å². The van der Waals surface area contributed by atoms with Crippen molar-refractivity contribution in [1.29, 1.82) is 0 Å². The molecule has 3 atom stereocenters. The van der Waals surface area contributed by atoms with E-state index in [2.05, 4.69) is 4.74 Å². The number of hydrogen-bond acceptors (Lipinski definition) is 5. The molecule has 0 spiro atoms. The van der Waals surface area contributed by atoms with Gasteiger partial charge in [0, 0.05) is 5.92 Å². The van der Waals surface area contributed by atoms with Crippen LogP contribution in [0.15, 0.2) is 36.4 Å². The third kappa shape index (κ3) is 3.34. The van der Waals surface area contributed by atoms with Crippen molar-refractivity contribution < 1.29 is 24.6 Å². The maximum absolute atomic E-state index is 11.3. The predicted octanol–water partition coefficient (Wildman–Crippen LogP) is 2.13. The van der Waals surface area contributed by atoms with Gasteiger partial charge in [-0.1, -0.05) is 24.3 Å². The van der Waals surface area contributed by atoms with Crippen molar-refractivity contribution >= 4 is 6.09 Å². The Morgan fingerprint density at radius 3 is 2.52 bits per heavy atom. The summed E-state index contributed by atoms with van der Waals surface area (Å²) in [5.74, 6) is 0.542. The Morgan fingerprint density at radius 2 is 1.95 bits per heavy atom. The van der Waals surface area contributed by atoms with E-state index in [1.807, 2.05) is 0 Å². The van der Waals surface area contributed by atoms with Crippen LogP contribution >= 0.6 is 0 Å². The van der Waals surface area contributed by atoms with Crippen LogP contribution in [0.1, 0.15) is 18.1 Å². The summed E-state index contributed by atoms with van der Waals surface area (Å²) in [4.78, 5) is 11.3. The second kappa shape index (κ2) is 6.60. The van der Waals surface area contributed by atoms with Gasteiger partial charge in [0.05, 0.1) is 26.4 Å². The van der Waals surface area contributed by atoms with Crippen molar-refractivity contribution in [2.75, 3.05) is 14.2 Å². The fourth-order valence-electron chi connectivity index (χ4n) is 2.40. The Bertz CT molecular complexity index is 513. The van der Waals surface area contributed by atoms with Crippen LogP contribution in [0.5, 0.6) is 5.75 Å². The van der Waals surface area contributed by atoms with Crippen molar-refractivity contribution in [2.45, 2.75) is 18.6 Å². The largest absolute Gasteiger partial charge is 0.497 e. The molecule has 0 aliphatic heterocycles. The zero-order valence-corrected chi connectivity index (χ0v) is 12.0. The first kappa shape index (κ1) is 15.3. The van der Waals surface area contributed by atoms with Gasteiger partial charge in [-0.3, -0.25) is 5.21 Å². The first-order valence-electron chi connectivity index (χ1n) is 6.63. The molecular formula is C15H19NO5. The highest BCUT2D eigenvalue weighted by molar-refractivity contribution is 5.66. The highest BCUT2D eigenvalue weighted by Gasteiger charge is 2.31. The molecule has 1 unspecified atom stereocenters. The minimum atomic E-state index is -0.816. The topological polar surface area (TPSA) is 79.2 Å². The third-order valence-electron chi connectivity index (χ3n) is 3.63. The van der Waals surface area contributed by atoms with Crippen molar-refractivity contribution in [3.63, 3.8) is 0 Å². The molecule has 2 N–H and O–H groups in total. The van der Waals surface area contributed by atoms with E-state index >= 15 is 0 Å². The zero-order chi connectivity index (χ0) is 15.4. The van der Waals surface area contributed by atoms with Gasteiger partial charge in [0.1, 0.15) is 5.75 Å². The summed E-state index contributed by atoms with van der Waals surface area (Å²) in [5.41, 5.74) is 0.758. The van der Waals surface area contributed by atoms with E-state index in [-0.39, 0.29) is 5.92 Å². The molecule has 6 heteroatoms. The molecule has 0 saturated carbocycles. The summed E-state index contributed by atoms with van der Waals surface area (Å²) >= 11 is 0. The van der Waals surface area contributed by atoms with Crippen LogP contribution in [-0.4, -0.2) is 41.7 Å². The van der Waals surface area contributed by atoms with Gasteiger partial charge in [-0.05, 0) is 24.1 Å². The molecule has 1 amide bonds. The number of nitrogens with zero attached hydrogens (tertiary/aromatic N) is 1. The van der Waals surface area contributed by atoms with Crippen LogP contribution in [0.4, 0.5) is 4.79 Å². The molecule has 0 aromatic heterocycles. The maximum Gasteiger partial charge on any atom is 0.434 e. The van der Waals surface area contributed by atoms with Crippen LogP contribution in [0.2, 0.25) is 0 Å². The van der Waals surface area contributed by atoms with Gasteiger partial charge in [-0.2, -0.15) is 5.06 Å². The van der Waals surface area contributed by atoms with Crippen molar-refractivity contribution in [3.8, 4) is 5.75 Å². The number of methoxy groups -OCH3 is 2. The number of aliphatic hydroxyl groups is 1. The lowest BCUT2D eigenvalue weighted by atomic mass is 9.94. The lowest BCUT2D eigenvalue weighted by Gasteiger charge is -2.22. The molecule has 0 heterocycles. The molecule has 0 radical (unpaired) electrons. The molecule has 1 aromatic carbocycles. The van der Waals surface area contributed by atoms with Gasteiger partial charge in [0.15, 0.2) is 0 Å². The van der Waals surface area contributed by atoms with E-state index in [0.717, 1.165) is 11.3 Å². The maximum atomic E-state index is 11.3. The minimum absolute atomic E-state index is 0.178. The standard InChI is InChI=1S/C15H19NO5/c1-20-13-7-4-10(5-8-13)14(17)11-3-6-12(9-11)16(19)15(18)21-2/h3-8,11-12,14,17,19H,9H2,1-2H3/t11-,12+,14?/m1/s1. The van der Waals surface area contributed by atoms with E-state index in [0.29, 0.717) is 11.5 Å². The molecule has 2 rings (SSSR count). The summed E-state index contributed by atoms with van der Waals surface area (Å²) in [5, 5.41) is 20.6. The fraction of sp³-hybridized carbons (Fsp3) is 0.400. The molecule has 0 bridgehead atoms. The summed E-state index contributed by atoms with van der Waals surface area (Å²) < 4.78 is 9.53. The summed E-state index contributed by atoms with van der Waals surface area (Å²) in [6.07, 6.45) is 2.39. The highest BCUT2D eigenvalue weighted by Crippen LogP contribution is 2.33. The monoisotopic (exact) mass is 293 g/mol. The zero-order valence-electron chi connectivity index (χ0n) is 12.0. The van der Waals surface area contributed by atoms with Gasteiger partial charge in [0.2, 0.25) is 0 Å². The smallest absolute Gasteiger partial charge is 0.434 e. The molecule has 6 nitrogen and oxygen atoms in total. The Labute approximate surface area is 123 Å². The first-order chi connectivity index (χ1) is 10.1. The summed E-state index contributed by atoms with van der Waals surface area (Å²) in [7, 11) is 2.78. The Kier molecular flexibility index (Phi) is 4.82. The molecule has 1 aliphatic carbocycles. The van der Waals surface area contributed by atoms with Gasteiger partial charge >= 0.3 is 6.09 Å². The fourth-order valence-corrected chi connectivity index (χ4v) is 2.40. The number of carbonyl (C=O) groups excluding carboxylic acids is 1. The van der Waals surface area contributed by atoms with E-state index in [9.17, 15) is 15.1 Å². The number of rotatable bonds is 4.